The smallest absolute Gasteiger partial charge is 0.336 e. The van der Waals surface area contributed by atoms with Crippen LogP contribution >= 0.6 is 34.4 Å². The molecule has 0 radical (unpaired) electrons. The highest BCUT2D eigenvalue weighted by molar-refractivity contribution is 14.1. The van der Waals surface area contributed by atoms with Crippen LogP contribution < -0.4 is 0 Å². The van der Waals surface area contributed by atoms with Crippen LogP contribution in [-0.2, 0) is 5.75 Å². The summed E-state index contributed by atoms with van der Waals surface area (Å²) in [5.41, 5.74) is 1.56. The van der Waals surface area contributed by atoms with Gasteiger partial charge in [-0.2, -0.15) is 0 Å². The quantitative estimate of drug-likeness (QED) is 0.645. The summed E-state index contributed by atoms with van der Waals surface area (Å²) in [5.74, 6) is -0.0954. The number of hydrogen-bond donors (Lipinski definition) is 1. The van der Waals surface area contributed by atoms with Crippen LogP contribution in [0.25, 0.3) is 0 Å². The third-order valence-corrected chi connectivity index (χ3v) is 4.29. The van der Waals surface area contributed by atoms with Gasteiger partial charge in [0.2, 0.25) is 0 Å². The molecule has 2 nitrogen and oxygen atoms in total. The number of rotatable bonds is 4. The third kappa shape index (κ3) is 3.49. The van der Waals surface area contributed by atoms with Crippen molar-refractivity contribution in [2.45, 2.75) is 10.6 Å². The zero-order valence-electron chi connectivity index (χ0n) is 9.47. The number of carboxylic acid groups (broad SMARTS) is 1. The van der Waals surface area contributed by atoms with E-state index in [0.29, 0.717) is 5.56 Å². The fourth-order valence-corrected chi connectivity index (χ4v) is 2.87. The number of aromatic carboxylic acids is 1. The fourth-order valence-electron chi connectivity index (χ4n) is 1.51. The second-order valence-corrected chi connectivity index (χ2v) is 5.98. The summed E-state index contributed by atoms with van der Waals surface area (Å²) in [7, 11) is 0. The van der Waals surface area contributed by atoms with E-state index in [9.17, 15) is 4.79 Å². The van der Waals surface area contributed by atoms with Crippen LogP contribution in [0.3, 0.4) is 0 Å². The van der Waals surface area contributed by atoms with Crippen molar-refractivity contribution in [1.82, 2.24) is 0 Å². The Kier molecular flexibility index (Phi) is 4.66. The van der Waals surface area contributed by atoms with E-state index in [1.54, 1.807) is 23.9 Å². The number of halogens is 1. The minimum Gasteiger partial charge on any atom is -0.478 e. The molecule has 1 N–H and O–H groups in total. The molecule has 0 aliphatic rings. The molecule has 0 unspecified atom stereocenters. The molecule has 0 spiro atoms. The lowest BCUT2D eigenvalue weighted by atomic mass is 10.2. The summed E-state index contributed by atoms with van der Waals surface area (Å²) in [6.45, 7) is 0. The van der Waals surface area contributed by atoms with Crippen LogP contribution in [-0.4, -0.2) is 11.1 Å². The summed E-state index contributed by atoms with van der Waals surface area (Å²) in [5, 5.41) is 9.08. The Balaban J connectivity index is 2.10. The molecule has 0 saturated heterocycles. The van der Waals surface area contributed by atoms with Crippen LogP contribution in [0.5, 0.6) is 0 Å². The Morgan fingerprint density at radius 3 is 2.44 bits per heavy atom. The van der Waals surface area contributed by atoms with Crippen molar-refractivity contribution in [3.8, 4) is 0 Å². The highest BCUT2D eigenvalue weighted by atomic mass is 127. The Bertz CT molecular complexity index is 552. The van der Waals surface area contributed by atoms with E-state index >= 15 is 0 Å². The maximum atomic E-state index is 11.1. The van der Waals surface area contributed by atoms with E-state index in [2.05, 4.69) is 46.9 Å². The van der Waals surface area contributed by atoms with E-state index in [0.717, 1.165) is 10.6 Å². The van der Waals surface area contributed by atoms with Gasteiger partial charge < -0.3 is 5.11 Å². The standard InChI is InChI=1S/C14H11IO2S/c15-11-7-5-10(6-8-11)9-18-13-4-2-1-3-12(13)14(16)17/h1-8H,9H2,(H,16,17). The Morgan fingerprint density at radius 1 is 1.11 bits per heavy atom. The molecule has 18 heavy (non-hydrogen) atoms. The molecule has 0 aliphatic carbocycles. The number of benzene rings is 2. The first-order valence-corrected chi connectivity index (χ1v) is 7.43. The van der Waals surface area contributed by atoms with E-state index < -0.39 is 5.97 Å². The molecule has 0 bridgehead atoms. The molecule has 0 fully saturated rings. The van der Waals surface area contributed by atoms with E-state index in [1.807, 2.05) is 12.1 Å². The average molecular weight is 370 g/mol. The minimum atomic E-state index is -0.874. The zero-order valence-corrected chi connectivity index (χ0v) is 12.4. The third-order valence-electron chi connectivity index (χ3n) is 2.43. The summed E-state index contributed by atoms with van der Waals surface area (Å²) < 4.78 is 1.20. The molecule has 2 aromatic rings. The van der Waals surface area contributed by atoms with Gasteiger partial charge in [0.25, 0.3) is 0 Å². The lowest BCUT2D eigenvalue weighted by molar-refractivity contribution is 0.0693. The number of thioether (sulfide) groups is 1. The van der Waals surface area contributed by atoms with Gasteiger partial charge in [-0.05, 0) is 52.4 Å². The van der Waals surface area contributed by atoms with Crippen molar-refractivity contribution >= 4 is 40.3 Å². The maximum Gasteiger partial charge on any atom is 0.336 e. The van der Waals surface area contributed by atoms with Gasteiger partial charge in [-0.3, -0.25) is 0 Å². The van der Waals surface area contributed by atoms with Gasteiger partial charge in [0.05, 0.1) is 5.56 Å². The molecular formula is C14H11IO2S. The van der Waals surface area contributed by atoms with Crippen LogP contribution in [0.2, 0.25) is 0 Å². The second-order valence-electron chi connectivity index (χ2n) is 3.72. The molecule has 2 aromatic carbocycles. The highest BCUT2D eigenvalue weighted by Gasteiger charge is 2.09. The highest BCUT2D eigenvalue weighted by Crippen LogP contribution is 2.26. The summed E-state index contributed by atoms with van der Waals surface area (Å²) in [6, 6.07) is 15.3. The van der Waals surface area contributed by atoms with Crippen LogP contribution in [0.1, 0.15) is 15.9 Å². The van der Waals surface area contributed by atoms with Crippen molar-refractivity contribution < 1.29 is 9.90 Å². The van der Waals surface area contributed by atoms with Crippen LogP contribution in [0.4, 0.5) is 0 Å². The largest absolute Gasteiger partial charge is 0.478 e. The van der Waals surface area contributed by atoms with Crippen LogP contribution in [0.15, 0.2) is 53.4 Å². The van der Waals surface area contributed by atoms with Crippen molar-refractivity contribution in [1.29, 1.82) is 0 Å². The van der Waals surface area contributed by atoms with Crippen molar-refractivity contribution in [3.05, 3.63) is 63.2 Å². The van der Waals surface area contributed by atoms with Gasteiger partial charge in [-0.25, -0.2) is 4.79 Å². The first kappa shape index (κ1) is 13.4. The molecule has 0 aromatic heterocycles. The average Bonchev–Trinajstić information content (AvgIpc) is 2.38. The number of carboxylic acids is 1. The summed E-state index contributed by atoms with van der Waals surface area (Å²) in [4.78, 5) is 11.9. The first-order valence-electron chi connectivity index (χ1n) is 5.36. The summed E-state index contributed by atoms with van der Waals surface area (Å²) >= 11 is 3.82. The van der Waals surface area contributed by atoms with E-state index in [-0.39, 0.29) is 0 Å². The molecule has 0 amide bonds. The van der Waals surface area contributed by atoms with E-state index in [1.165, 1.54) is 9.13 Å². The van der Waals surface area contributed by atoms with Gasteiger partial charge in [0.1, 0.15) is 0 Å². The topological polar surface area (TPSA) is 37.3 Å². The SMILES string of the molecule is O=C(O)c1ccccc1SCc1ccc(I)cc1. The predicted octanol–water partition coefficient (Wildman–Crippen LogP) is 4.28. The van der Waals surface area contributed by atoms with Gasteiger partial charge >= 0.3 is 5.97 Å². The van der Waals surface area contributed by atoms with Crippen molar-refractivity contribution in [2.75, 3.05) is 0 Å². The van der Waals surface area contributed by atoms with Gasteiger partial charge in [-0.15, -0.1) is 11.8 Å². The molecule has 0 aliphatic heterocycles. The zero-order chi connectivity index (χ0) is 13.0. The maximum absolute atomic E-state index is 11.1. The first-order chi connectivity index (χ1) is 8.66. The van der Waals surface area contributed by atoms with Crippen molar-refractivity contribution in [2.24, 2.45) is 0 Å². The fraction of sp³-hybridized carbons (Fsp3) is 0.0714. The molecule has 0 heterocycles. The molecule has 4 heteroatoms. The number of hydrogen-bond acceptors (Lipinski definition) is 2. The van der Waals surface area contributed by atoms with Gasteiger partial charge in [-0.1, -0.05) is 24.3 Å². The second kappa shape index (κ2) is 6.24. The Labute approximate surface area is 124 Å². The summed E-state index contributed by atoms with van der Waals surface area (Å²) in [6.07, 6.45) is 0. The normalized spacial score (nSPS) is 10.3. The molecule has 2 rings (SSSR count). The van der Waals surface area contributed by atoms with Gasteiger partial charge in [0.15, 0.2) is 0 Å². The molecule has 92 valence electrons. The lowest BCUT2D eigenvalue weighted by Crippen LogP contribution is -1.98. The van der Waals surface area contributed by atoms with Crippen molar-refractivity contribution in [3.63, 3.8) is 0 Å². The van der Waals surface area contributed by atoms with Gasteiger partial charge in [0, 0.05) is 14.2 Å². The van der Waals surface area contributed by atoms with E-state index in [4.69, 9.17) is 5.11 Å². The molecule has 0 atom stereocenters. The Hall–Kier alpha value is -1.01. The Morgan fingerprint density at radius 2 is 1.78 bits per heavy atom. The molecular weight excluding hydrogens is 359 g/mol. The lowest BCUT2D eigenvalue weighted by Gasteiger charge is -2.05. The molecule has 0 saturated carbocycles. The predicted molar refractivity (Wildman–Crippen MR) is 82.1 cm³/mol. The monoisotopic (exact) mass is 370 g/mol. The minimum absolute atomic E-state index is 0.369. The number of carbonyl (C=O) groups is 1. The van der Waals surface area contributed by atoms with Crippen LogP contribution in [0, 0.1) is 3.57 Å².